The molecule has 1 unspecified atom stereocenters. The lowest BCUT2D eigenvalue weighted by molar-refractivity contribution is -0.128. The Balaban J connectivity index is 1.77. The second kappa shape index (κ2) is 10.4. The molecule has 1 heterocycles. The Labute approximate surface area is 188 Å². The molecule has 170 valence electrons. The smallest absolute Gasteiger partial charge is 0.244 e. The molecule has 0 aromatic heterocycles. The van der Waals surface area contributed by atoms with Gasteiger partial charge >= 0.3 is 0 Å². The van der Waals surface area contributed by atoms with Crippen molar-refractivity contribution in [1.29, 1.82) is 0 Å². The molecule has 2 N–H and O–H groups in total. The summed E-state index contributed by atoms with van der Waals surface area (Å²) >= 11 is 0. The first-order valence-electron chi connectivity index (χ1n) is 10.3. The van der Waals surface area contributed by atoms with E-state index in [4.69, 9.17) is 4.74 Å². The van der Waals surface area contributed by atoms with Crippen molar-refractivity contribution in [3.8, 4) is 5.75 Å². The zero-order valence-electron chi connectivity index (χ0n) is 18.1. The zero-order chi connectivity index (χ0) is 23.1. The average Bonchev–Trinajstić information content (AvgIpc) is 3.21. The third-order valence-corrected chi connectivity index (χ3v) is 6.70. The zero-order valence-corrected chi connectivity index (χ0v) is 18.9. The van der Waals surface area contributed by atoms with E-state index in [1.165, 1.54) is 38.4 Å². The van der Waals surface area contributed by atoms with Crippen LogP contribution in [0.25, 0.3) is 6.08 Å². The van der Waals surface area contributed by atoms with Gasteiger partial charge in [0.15, 0.2) is 0 Å². The van der Waals surface area contributed by atoms with Crippen molar-refractivity contribution in [2.75, 3.05) is 27.2 Å². The summed E-state index contributed by atoms with van der Waals surface area (Å²) in [6, 6.07) is 13.8. The van der Waals surface area contributed by atoms with Gasteiger partial charge in [-0.25, -0.2) is 13.1 Å². The first-order valence-corrected chi connectivity index (χ1v) is 11.7. The molecule has 9 heteroatoms. The third kappa shape index (κ3) is 5.74. The van der Waals surface area contributed by atoms with E-state index in [1.54, 1.807) is 11.0 Å². The minimum absolute atomic E-state index is 0.0141. The predicted molar refractivity (Wildman–Crippen MR) is 121 cm³/mol. The normalized spacial score (nSPS) is 15.2. The fourth-order valence-corrected chi connectivity index (χ4v) is 4.47. The molecule has 1 saturated heterocycles. The Kier molecular flexibility index (Phi) is 7.66. The molecule has 32 heavy (non-hydrogen) atoms. The van der Waals surface area contributed by atoms with Crippen molar-refractivity contribution >= 4 is 27.9 Å². The molecule has 0 spiro atoms. The number of rotatable bonds is 9. The number of amides is 2. The summed E-state index contributed by atoms with van der Waals surface area (Å²) in [6.07, 6.45) is 4.24. The second-order valence-electron chi connectivity index (χ2n) is 7.37. The highest BCUT2D eigenvalue weighted by atomic mass is 32.2. The highest BCUT2D eigenvalue weighted by molar-refractivity contribution is 7.89. The summed E-state index contributed by atoms with van der Waals surface area (Å²) in [6.45, 7) is 1.08. The molecule has 1 atom stereocenters. The lowest BCUT2D eigenvalue weighted by Gasteiger charge is -2.24. The molecule has 1 aliphatic rings. The Hall–Kier alpha value is -3.17. The van der Waals surface area contributed by atoms with Crippen molar-refractivity contribution in [2.24, 2.45) is 0 Å². The number of hydrogen-bond donors (Lipinski definition) is 2. The van der Waals surface area contributed by atoms with Gasteiger partial charge in [0.2, 0.25) is 21.8 Å². The molecule has 1 aliphatic heterocycles. The van der Waals surface area contributed by atoms with E-state index in [0.29, 0.717) is 25.1 Å². The first kappa shape index (κ1) is 23.5. The van der Waals surface area contributed by atoms with Crippen LogP contribution < -0.4 is 14.8 Å². The maximum atomic E-state index is 12.7. The van der Waals surface area contributed by atoms with Crippen LogP contribution in [0.4, 0.5) is 0 Å². The molecule has 1 fully saturated rings. The summed E-state index contributed by atoms with van der Waals surface area (Å²) in [5.41, 5.74) is 1.43. The molecule has 2 aromatic carbocycles. The standard InChI is InChI=1S/C23H27N3O5S/c1-24-32(29,30)21-15-17(10-12-20(21)31-2)11-13-22(27)25-19(18-7-4-3-5-8-18)16-26-14-6-9-23(26)28/h3-5,7-8,10-13,15,19,24H,6,9,14,16H2,1-2H3,(H,25,27)/b13-11+. The number of nitrogens with one attached hydrogen (secondary N) is 2. The van der Waals surface area contributed by atoms with Crippen LogP contribution in [-0.4, -0.2) is 52.4 Å². The Morgan fingerprint density at radius 3 is 2.59 bits per heavy atom. The van der Waals surface area contributed by atoms with E-state index < -0.39 is 10.0 Å². The highest BCUT2D eigenvalue weighted by Crippen LogP contribution is 2.25. The van der Waals surface area contributed by atoms with Crippen molar-refractivity contribution in [2.45, 2.75) is 23.8 Å². The number of benzene rings is 2. The van der Waals surface area contributed by atoms with Gasteiger partial charge in [-0.15, -0.1) is 0 Å². The van der Waals surface area contributed by atoms with Gasteiger partial charge in [0.1, 0.15) is 10.6 Å². The number of sulfonamides is 1. The highest BCUT2D eigenvalue weighted by Gasteiger charge is 2.25. The van der Waals surface area contributed by atoms with E-state index in [1.807, 2.05) is 30.3 Å². The summed E-state index contributed by atoms with van der Waals surface area (Å²) in [4.78, 5) is 26.5. The van der Waals surface area contributed by atoms with Gasteiger partial charge in [-0.2, -0.15) is 0 Å². The number of methoxy groups -OCH3 is 1. The van der Waals surface area contributed by atoms with Crippen LogP contribution in [0.5, 0.6) is 5.75 Å². The Morgan fingerprint density at radius 2 is 1.97 bits per heavy atom. The first-order chi connectivity index (χ1) is 15.3. The van der Waals surface area contributed by atoms with E-state index >= 15 is 0 Å². The Morgan fingerprint density at radius 1 is 1.22 bits per heavy atom. The predicted octanol–water partition coefficient (Wildman–Crippen LogP) is 2.10. The van der Waals surface area contributed by atoms with Crippen molar-refractivity contribution in [1.82, 2.24) is 14.9 Å². The van der Waals surface area contributed by atoms with Crippen molar-refractivity contribution in [3.63, 3.8) is 0 Å². The maximum absolute atomic E-state index is 12.7. The number of likely N-dealkylation sites (tertiary alicyclic amines) is 1. The number of ether oxygens (including phenoxy) is 1. The topological polar surface area (TPSA) is 105 Å². The second-order valence-corrected chi connectivity index (χ2v) is 9.22. The summed E-state index contributed by atoms with van der Waals surface area (Å²) in [5, 5.41) is 2.95. The van der Waals surface area contributed by atoms with Crippen LogP contribution in [0.1, 0.15) is 30.0 Å². The van der Waals surface area contributed by atoms with Gasteiger partial charge < -0.3 is 15.0 Å². The van der Waals surface area contributed by atoms with Crippen LogP contribution in [0.15, 0.2) is 59.5 Å². The third-order valence-electron chi connectivity index (χ3n) is 5.27. The van der Waals surface area contributed by atoms with E-state index in [2.05, 4.69) is 10.0 Å². The van der Waals surface area contributed by atoms with Gasteiger partial charge in [0.25, 0.3) is 0 Å². The molecule has 0 radical (unpaired) electrons. The molecular formula is C23H27N3O5S. The van der Waals surface area contributed by atoms with E-state index in [9.17, 15) is 18.0 Å². The molecule has 3 rings (SSSR count). The average molecular weight is 458 g/mol. The van der Waals surface area contributed by atoms with Gasteiger partial charge in [0.05, 0.1) is 13.2 Å². The van der Waals surface area contributed by atoms with E-state index in [0.717, 1.165) is 12.0 Å². The summed E-state index contributed by atoms with van der Waals surface area (Å²) in [5.74, 6) is -0.0491. The SMILES string of the molecule is CNS(=O)(=O)c1cc(/C=C/C(=O)NC(CN2CCCC2=O)c2ccccc2)ccc1OC. The molecule has 2 aromatic rings. The molecular weight excluding hydrogens is 430 g/mol. The lowest BCUT2D eigenvalue weighted by atomic mass is 10.1. The van der Waals surface area contributed by atoms with Crippen molar-refractivity contribution < 1.29 is 22.7 Å². The quantitative estimate of drug-likeness (QED) is 0.561. The van der Waals surface area contributed by atoms with Crippen LogP contribution in [0.2, 0.25) is 0 Å². The molecule has 2 amide bonds. The van der Waals surface area contributed by atoms with Crippen LogP contribution in [0.3, 0.4) is 0 Å². The minimum atomic E-state index is -3.72. The summed E-state index contributed by atoms with van der Waals surface area (Å²) in [7, 11) is -1.01. The van der Waals surface area contributed by atoms with Crippen LogP contribution in [-0.2, 0) is 19.6 Å². The van der Waals surface area contributed by atoms with Gasteiger partial charge in [-0.3, -0.25) is 9.59 Å². The van der Waals surface area contributed by atoms with Gasteiger partial charge in [-0.1, -0.05) is 36.4 Å². The van der Waals surface area contributed by atoms with Gasteiger partial charge in [0, 0.05) is 25.6 Å². The van der Waals surface area contributed by atoms with Crippen LogP contribution >= 0.6 is 0 Å². The Bertz CT molecular complexity index is 1100. The maximum Gasteiger partial charge on any atom is 0.244 e. The van der Waals surface area contributed by atoms with E-state index in [-0.39, 0.29) is 28.5 Å². The largest absolute Gasteiger partial charge is 0.495 e. The monoisotopic (exact) mass is 457 g/mol. The number of carbonyl (C=O) groups excluding carboxylic acids is 2. The van der Waals surface area contributed by atoms with Crippen LogP contribution in [0, 0.1) is 0 Å². The van der Waals surface area contributed by atoms with Gasteiger partial charge in [-0.05, 0) is 42.8 Å². The summed E-state index contributed by atoms with van der Waals surface area (Å²) < 4.78 is 31.9. The number of nitrogens with zero attached hydrogens (tertiary/aromatic N) is 1. The van der Waals surface area contributed by atoms with Crippen molar-refractivity contribution in [3.05, 3.63) is 65.7 Å². The minimum Gasteiger partial charge on any atom is -0.495 e. The fourth-order valence-electron chi connectivity index (χ4n) is 3.55. The number of carbonyl (C=O) groups is 2. The fraction of sp³-hybridized carbons (Fsp3) is 0.304. The molecule has 0 bridgehead atoms. The number of hydrogen-bond acceptors (Lipinski definition) is 5. The lowest BCUT2D eigenvalue weighted by Crippen LogP contribution is -2.38. The molecule has 0 aliphatic carbocycles. The molecule has 8 nitrogen and oxygen atoms in total. The molecule has 0 saturated carbocycles.